The summed E-state index contributed by atoms with van der Waals surface area (Å²) in [6, 6.07) is 3.29. The molecule has 11 nitrogen and oxygen atoms in total. The van der Waals surface area contributed by atoms with E-state index in [0.717, 1.165) is 38.2 Å². The fraction of sp³-hybridized carbons (Fsp3) is 0.474. The lowest BCUT2D eigenvalue weighted by atomic mass is 9.96. The predicted molar refractivity (Wildman–Crippen MR) is 105 cm³/mol. The molecule has 0 spiro atoms. The Balaban J connectivity index is 1.74. The molecule has 1 aromatic rings. The number of amides is 4. The topological polar surface area (TPSA) is 157 Å². The Labute approximate surface area is 172 Å². The Hall–Kier alpha value is -3.50. The summed E-state index contributed by atoms with van der Waals surface area (Å²) in [6.07, 6.45) is 4.90. The molecule has 0 radical (unpaired) electrons. The van der Waals surface area contributed by atoms with Gasteiger partial charge in [0.2, 0.25) is 0 Å². The first-order valence-corrected chi connectivity index (χ1v) is 9.58. The smallest absolute Gasteiger partial charge is 0.328 e. The number of hydrogen-bond acceptors (Lipinski definition) is 7. The number of nitrogens with zero attached hydrogens (tertiary/aromatic N) is 1. The van der Waals surface area contributed by atoms with Crippen LogP contribution in [0.25, 0.3) is 0 Å². The van der Waals surface area contributed by atoms with Crippen LogP contribution in [0.15, 0.2) is 24.3 Å². The SMILES string of the molecule is CC(NC(=O)c1cccc([N+](=O)[O-])c1)C(=O)OCC(=O)NC(=O)NC1CCCCC1. The van der Waals surface area contributed by atoms with Crippen molar-refractivity contribution in [2.75, 3.05) is 6.61 Å². The van der Waals surface area contributed by atoms with Gasteiger partial charge in [-0.05, 0) is 25.8 Å². The van der Waals surface area contributed by atoms with Crippen LogP contribution < -0.4 is 16.0 Å². The van der Waals surface area contributed by atoms with Crippen molar-refractivity contribution >= 4 is 29.5 Å². The van der Waals surface area contributed by atoms with Crippen molar-refractivity contribution in [3.8, 4) is 0 Å². The largest absolute Gasteiger partial charge is 0.454 e. The van der Waals surface area contributed by atoms with Crippen LogP contribution in [0.4, 0.5) is 10.5 Å². The Morgan fingerprint density at radius 2 is 1.90 bits per heavy atom. The summed E-state index contributed by atoms with van der Waals surface area (Å²) >= 11 is 0. The zero-order chi connectivity index (χ0) is 22.1. The number of carbonyl (C=O) groups is 4. The average molecular weight is 420 g/mol. The minimum atomic E-state index is -1.11. The summed E-state index contributed by atoms with van der Waals surface area (Å²) in [7, 11) is 0. The average Bonchev–Trinajstić information content (AvgIpc) is 2.72. The molecular weight excluding hydrogens is 396 g/mol. The molecule has 30 heavy (non-hydrogen) atoms. The highest BCUT2D eigenvalue weighted by Gasteiger charge is 2.21. The molecule has 1 aliphatic rings. The highest BCUT2D eigenvalue weighted by molar-refractivity contribution is 5.98. The Bertz CT molecular complexity index is 821. The molecule has 2 rings (SSSR count). The van der Waals surface area contributed by atoms with E-state index in [1.165, 1.54) is 25.1 Å². The van der Waals surface area contributed by atoms with Crippen molar-refractivity contribution in [3.63, 3.8) is 0 Å². The van der Waals surface area contributed by atoms with Gasteiger partial charge in [-0.25, -0.2) is 9.59 Å². The molecule has 0 saturated heterocycles. The number of nitro groups is 1. The lowest BCUT2D eigenvalue weighted by molar-refractivity contribution is -0.384. The molecule has 1 atom stereocenters. The predicted octanol–water partition coefficient (Wildman–Crippen LogP) is 1.41. The molecule has 1 fully saturated rings. The monoisotopic (exact) mass is 420 g/mol. The number of non-ortho nitro benzene ring substituents is 1. The number of rotatable bonds is 7. The molecule has 1 unspecified atom stereocenters. The number of nitrogens with one attached hydrogen (secondary N) is 3. The number of nitro benzene ring substituents is 1. The van der Waals surface area contributed by atoms with Gasteiger partial charge in [0, 0.05) is 23.7 Å². The van der Waals surface area contributed by atoms with Crippen LogP contribution in [0.3, 0.4) is 0 Å². The lowest BCUT2D eigenvalue weighted by Gasteiger charge is -2.22. The van der Waals surface area contributed by atoms with E-state index >= 15 is 0 Å². The highest BCUT2D eigenvalue weighted by atomic mass is 16.6. The van der Waals surface area contributed by atoms with Gasteiger partial charge >= 0.3 is 12.0 Å². The normalized spacial score (nSPS) is 14.8. The van der Waals surface area contributed by atoms with Crippen molar-refractivity contribution in [2.24, 2.45) is 0 Å². The van der Waals surface area contributed by atoms with Crippen molar-refractivity contribution in [1.29, 1.82) is 0 Å². The van der Waals surface area contributed by atoms with Gasteiger partial charge in [0.1, 0.15) is 6.04 Å². The maximum Gasteiger partial charge on any atom is 0.328 e. The molecule has 162 valence electrons. The third-order valence-corrected chi connectivity index (χ3v) is 4.56. The van der Waals surface area contributed by atoms with E-state index in [1.54, 1.807) is 0 Å². The van der Waals surface area contributed by atoms with Gasteiger partial charge in [0.15, 0.2) is 6.61 Å². The number of imide groups is 1. The number of ether oxygens (including phenoxy) is 1. The fourth-order valence-corrected chi connectivity index (χ4v) is 2.99. The van der Waals surface area contributed by atoms with Gasteiger partial charge in [0.25, 0.3) is 17.5 Å². The summed E-state index contributed by atoms with van der Waals surface area (Å²) in [5.74, 6) is -2.40. The third-order valence-electron chi connectivity index (χ3n) is 4.56. The lowest BCUT2D eigenvalue weighted by Crippen LogP contribution is -2.47. The second-order valence-corrected chi connectivity index (χ2v) is 6.97. The first-order chi connectivity index (χ1) is 14.3. The molecular formula is C19H24N4O7. The van der Waals surface area contributed by atoms with E-state index in [0.29, 0.717) is 0 Å². The van der Waals surface area contributed by atoms with Gasteiger partial charge in [-0.2, -0.15) is 0 Å². The molecule has 1 aromatic carbocycles. The summed E-state index contributed by atoms with van der Waals surface area (Å²) in [5, 5.41) is 17.9. The Kier molecular flexibility index (Phi) is 8.27. The van der Waals surface area contributed by atoms with Gasteiger partial charge < -0.3 is 15.4 Å². The molecule has 0 aliphatic heterocycles. The summed E-state index contributed by atoms with van der Waals surface area (Å²) < 4.78 is 4.80. The summed E-state index contributed by atoms with van der Waals surface area (Å²) in [4.78, 5) is 57.8. The van der Waals surface area contributed by atoms with Gasteiger partial charge in [-0.1, -0.05) is 25.3 Å². The number of esters is 1. The van der Waals surface area contributed by atoms with Crippen LogP contribution in [0.2, 0.25) is 0 Å². The molecule has 0 aromatic heterocycles. The zero-order valence-electron chi connectivity index (χ0n) is 16.5. The van der Waals surface area contributed by atoms with Crippen LogP contribution in [-0.2, 0) is 14.3 Å². The molecule has 3 N–H and O–H groups in total. The first-order valence-electron chi connectivity index (χ1n) is 9.58. The Morgan fingerprint density at radius 3 is 2.57 bits per heavy atom. The number of urea groups is 1. The Morgan fingerprint density at radius 1 is 1.20 bits per heavy atom. The van der Waals surface area contributed by atoms with E-state index in [9.17, 15) is 29.3 Å². The van der Waals surface area contributed by atoms with Crippen molar-refractivity contribution in [2.45, 2.75) is 51.1 Å². The minimum Gasteiger partial charge on any atom is -0.454 e. The van der Waals surface area contributed by atoms with Crippen molar-refractivity contribution < 1.29 is 28.8 Å². The quantitative estimate of drug-likeness (QED) is 0.342. The van der Waals surface area contributed by atoms with E-state index in [2.05, 4.69) is 16.0 Å². The highest BCUT2D eigenvalue weighted by Crippen LogP contribution is 2.17. The van der Waals surface area contributed by atoms with E-state index < -0.39 is 41.4 Å². The number of benzene rings is 1. The second kappa shape index (κ2) is 10.9. The van der Waals surface area contributed by atoms with Crippen LogP contribution in [-0.4, -0.2) is 47.4 Å². The molecule has 11 heteroatoms. The summed E-state index contributed by atoms with van der Waals surface area (Å²) in [5.41, 5.74) is -0.262. The number of hydrogen-bond donors (Lipinski definition) is 3. The van der Waals surface area contributed by atoms with Crippen LogP contribution in [0.5, 0.6) is 0 Å². The van der Waals surface area contributed by atoms with Crippen molar-refractivity contribution in [1.82, 2.24) is 16.0 Å². The van der Waals surface area contributed by atoms with Crippen LogP contribution in [0, 0.1) is 10.1 Å². The van der Waals surface area contributed by atoms with E-state index in [4.69, 9.17) is 4.74 Å². The molecule has 0 bridgehead atoms. The molecule has 4 amide bonds. The summed E-state index contributed by atoms with van der Waals surface area (Å²) in [6.45, 7) is 0.652. The van der Waals surface area contributed by atoms with Crippen LogP contribution >= 0.6 is 0 Å². The maximum atomic E-state index is 12.1. The fourth-order valence-electron chi connectivity index (χ4n) is 2.99. The zero-order valence-corrected chi connectivity index (χ0v) is 16.5. The van der Waals surface area contributed by atoms with Crippen LogP contribution in [0.1, 0.15) is 49.4 Å². The number of carbonyl (C=O) groups excluding carboxylic acids is 4. The standard InChI is InChI=1S/C19H24N4O7/c1-12(20-17(25)13-6-5-9-15(10-13)23(28)29)18(26)30-11-16(24)22-19(27)21-14-7-3-2-4-8-14/h5-6,9-10,12,14H,2-4,7-8,11H2,1H3,(H,20,25)(H2,21,22,24,27). The van der Waals surface area contributed by atoms with Gasteiger partial charge in [-0.15, -0.1) is 0 Å². The van der Waals surface area contributed by atoms with Gasteiger partial charge in [-0.3, -0.25) is 25.0 Å². The minimum absolute atomic E-state index is 0.000904. The third kappa shape index (κ3) is 7.15. The van der Waals surface area contributed by atoms with Gasteiger partial charge in [0.05, 0.1) is 4.92 Å². The first kappa shape index (κ1) is 22.8. The molecule has 0 heterocycles. The maximum absolute atomic E-state index is 12.1. The molecule has 1 aliphatic carbocycles. The van der Waals surface area contributed by atoms with Crippen molar-refractivity contribution in [3.05, 3.63) is 39.9 Å². The molecule has 1 saturated carbocycles. The van der Waals surface area contributed by atoms with E-state index in [-0.39, 0.29) is 17.3 Å². The second-order valence-electron chi connectivity index (χ2n) is 6.97. The van der Waals surface area contributed by atoms with E-state index in [1.807, 2.05) is 0 Å².